The number of halogens is 1. The third-order valence-electron chi connectivity index (χ3n) is 3.95. The van der Waals surface area contributed by atoms with Crippen LogP contribution in [0.15, 0.2) is 54.6 Å². The molecule has 0 bridgehead atoms. The lowest BCUT2D eigenvalue weighted by Gasteiger charge is -2.09. The molecule has 0 aliphatic rings. The number of benzene rings is 2. The Morgan fingerprint density at radius 2 is 1.88 bits per heavy atom. The van der Waals surface area contributed by atoms with Crippen molar-refractivity contribution in [2.75, 3.05) is 7.11 Å². The largest absolute Gasteiger partial charge is 0.497 e. The van der Waals surface area contributed by atoms with Gasteiger partial charge in [-0.25, -0.2) is 0 Å². The second-order valence-electron chi connectivity index (χ2n) is 5.61. The number of nitrogens with zero attached hydrogens (tertiary/aromatic N) is 2. The average Bonchev–Trinajstić information content (AvgIpc) is 2.99. The number of hydrogen-bond acceptors (Lipinski definition) is 3. The van der Waals surface area contributed by atoms with Gasteiger partial charge < -0.3 is 10.5 Å². The Morgan fingerprint density at radius 3 is 2.54 bits per heavy atom. The maximum atomic E-state index is 6.28. The fourth-order valence-corrected chi connectivity index (χ4v) is 2.83. The molecule has 1 heterocycles. The number of methoxy groups -OCH3 is 1. The van der Waals surface area contributed by atoms with Crippen molar-refractivity contribution in [3.05, 3.63) is 82.1 Å². The molecular formula is C19H20ClN3O. The highest BCUT2D eigenvalue weighted by Gasteiger charge is 2.10. The summed E-state index contributed by atoms with van der Waals surface area (Å²) >= 11 is 6.28. The van der Waals surface area contributed by atoms with Gasteiger partial charge in [0.1, 0.15) is 5.75 Å². The van der Waals surface area contributed by atoms with Crippen molar-refractivity contribution in [1.29, 1.82) is 0 Å². The molecule has 0 spiro atoms. The summed E-state index contributed by atoms with van der Waals surface area (Å²) in [5, 5.41) is 5.35. The summed E-state index contributed by atoms with van der Waals surface area (Å²) in [7, 11) is 1.67. The van der Waals surface area contributed by atoms with E-state index < -0.39 is 0 Å². The van der Waals surface area contributed by atoms with Crippen LogP contribution in [0.2, 0.25) is 5.02 Å². The predicted octanol–water partition coefficient (Wildman–Crippen LogP) is 3.64. The van der Waals surface area contributed by atoms with Gasteiger partial charge in [-0.3, -0.25) is 4.68 Å². The summed E-state index contributed by atoms with van der Waals surface area (Å²) < 4.78 is 7.19. The van der Waals surface area contributed by atoms with Crippen LogP contribution in [0, 0.1) is 0 Å². The molecule has 0 amide bonds. The third kappa shape index (κ3) is 3.78. The lowest BCUT2D eigenvalue weighted by atomic mass is 10.1. The highest BCUT2D eigenvalue weighted by atomic mass is 35.5. The van der Waals surface area contributed by atoms with Crippen molar-refractivity contribution >= 4 is 11.6 Å². The van der Waals surface area contributed by atoms with Crippen LogP contribution in [0.3, 0.4) is 0 Å². The minimum Gasteiger partial charge on any atom is -0.497 e. The smallest absolute Gasteiger partial charge is 0.118 e. The number of hydrogen-bond donors (Lipinski definition) is 1. The molecule has 0 aliphatic carbocycles. The fraction of sp³-hybridized carbons (Fsp3) is 0.211. The lowest BCUT2D eigenvalue weighted by molar-refractivity contribution is 0.414. The SMILES string of the molecule is COc1ccc(Cc2cc(CN)nn2Cc2ccccc2Cl)cc1. The van der Waals surface area contributed by atoms with E-state index >= 15 is 0 Å². The highest BCUT2D eigenvalue weighted by molar-refractivity contribution is 6.31. The molecule has 4 nitrogen and oxygen atoms in total. The average molecular weight is 342 g/mol. The van der Waals surface area contributed by atoms with Gasteiger partial charge in [0.15, 0.2) is 0 Å². The number of nitrogens with two attached hydrogens (primary N) is 1. The molecule has 1 aromatic heterocycles. The minimum atomic E-state index is 0.422. The number of rotatable bonds is 6. The van der Waals surface area contributed by atoms with Crippen LogP contribution >= 0.6 is 11.6 Å². The van der Waals surface area contributed by atoms with Crippen molar-refractivity contribution in [3.63, 3.8) is 0 Å². The Hall–Kier alpha value is -2.30. The summed E-state index contributed by atoms with van der Waals surface area (Å²) in [4.78, 5) is 0. The molecule has 0 atom stereocenters. The first-order chi connectivity index (χ1) is 11.7. The van der Waals surface area contributed by atoms with E-state index in [-0.39, 0.29) is 0 Å². The monoisotopic (exact) mass is 341 g/mol. The van der Waals surface area contributed by atoms with Crippen molar-refractivity contribution in [2.24, 2.45) is 5.73 Å². The second kappa shape index (κ2) is 7.51. The molecule has 0 radical (unpaired) electrons. The van der Waals surface area contributed by atoms with E-state index in [1.54, 1.807) is 7.11 Å². The Labute approximate surface area is 146 Å². The van der Waals surface area contributed by atoms with Gasteiger partial charge in [-0.15, -0.1) is 0 Å². The van der Waals surface area contributed by atoms with E-state index in [0.29, 0.717) is 13.1 Å². The van der Waals surface area contributed by atoms with Crippen molar-refractivity contribution in [3.8, 4) is 5.75 Å². The van der Waals surface area contributed by atoms with E-state index in [2.05, 4.69) is 23.3 Å². The maximum absolute atomic E-state index is 6.28. The molecule has 24 heavy (non-hydrogen) atoms. The standard InChI is InChI=1S/C19H20ClN3O/c1-24-18-8-6-14(7-9-18)10-17-11-16(12-21)22-23(17)13-15-4-2-3-5-19(15)20/h2-9,11H,10,12-13,21H2,1H3. The molecule has 124 valence electrons. The van der Waals surface area contributed by atoms with Crippen molar-refractivity contribution in [2.45, 2.75) is 19.5 Å². The summed E-state index contributed by atoms with van der Waals surface area (Å²) in [6.45, 7) is 1.05. The zero-order chi connectivity index (χ0) is 16.9. The molecule has 0 saturated heterocycles. The topological polar surface area (TPSA) is 53.1 Å². The van der Waals surface area contributed by atoms with E-state index in [0.717, 1.165) is 34.1 Å². The van der Waals surface area contributed by atoms with E-state index in [1.807, 2.05) is 41.1 Å². The highest BCUT2D eigenvalue weighted by Crippen LogP contribution is 2.20. The first kappa shape index (κ1) is 16.6. The van der Waals surface area contributed by atoms with Crippen molar-refractivity contribution in [1.82, 2.24) is 9.78 Å². The predicted molar refractivity (Wildman–Crippen MR) is 96.5 cm³/mol. The molecule has 0 saturated carbocycles. The van der Waals surface area contributed by atoms with Crippen LogP contribution in [-0.2, 0) is 19.5 Å². The van der Waals surface area contributed by atoms with Crippen LogP contribution in [-0.4, -0.2) is 16.9 Å². The number of ether oxygens (including phenoxy) is 1. The zero-order valence-corrected chi connectivity index (χ0v) is 14.3. The van der Waals surface area contributed by atoms with Crippen molar-refractivity contribution < 1.29 is 4.74 Å². The zero-order valence-electron chi connectivity index (χ0n) is 13.6. The Kier molecular flexibility index (Phi) is 5.18. The molecule has 0 unspecified atom stereocenters. The van der Waals surface area contributed by atoms with E-state index in [1.165, 1.54) is 5.56 Å². The molecule has 5 heteroatoms. The third-order valence-corrected chi connectivity index (χ3v) is 4.31. The molecule has 0 fully saturated rings. The quantitative estimate of drug-likeness (QED) is 0.744. The van der Waals surface area contributed by atoms with E-state index in [4.69, 9.17) is 22.1 Å². The molecular weight excluding hydrogens is 322 g/mol. The molecule has 2 aromatic carbocycles. The van der Waals surface area contributed by atoms with Gasteiger partial charge >= 0.3 is 0 Å². The summed E-state index contributed by atoms with van der Waals surface area (Å²) in [5.41, 5.74) is 10.00. The summed E-state index contributed by atoms with van der Waals surface area (Å²) in [6.07, 6.45) is 0.779. The first-order valence-electron chi connectivity index (χ1n) is 7.81. The summed E-state index contributed by atoms with van der Waals surface area (Å²) in [6, 6.07) is 17.9. The van der Waals surface area contributed by atoms with Crippen LogP contribution < -0.4 is 10.5 Å². The minimum absolute atomic E-state index is 0.422. The van der Waals surface area contributed by atoms with Gasteiger partial charge in [0, 0.05) is 23.7 Å². The van der Waals surface area contributed by atoms with Crippen LogP contribution in [0.4, 0.5) is 0 Å². The van der Waals surface area contributed by atoms with Gasteiger partial charge in [0.05, 0.1) is 19.3 Å². The first-order valence-corrected chi connectivity index (χ1v) is 8.19. The van der Waals surface area contributed by atoms with E-state index in [9.17, 15) is 0 Å². The van der Waals surface area contributed by atoms with Crippen LogP contribution in [0.1, 0.15) is 22.5 Å². The van der Waals surface area contributed by atoms with Gasteiger partial charge in [-0.1, -0.05) is 41.9 Å². The maximum Gasteiger partial charge on any atom is 0.118 e. The molecule has 0 aliphatic heterocycles. The Morgan fingerprint density at radius 1 is 1.12 bits per heavy atom. The van der Waals surface area contributed by atoms with Gasteiger partial charge in [-0.2, -0.15) is 5.10 Å². The second-order valence-corrected chi connectivity index (χ2v) is 6.01. The Balaban J connectivity index is 1.86. The molecule has 2 N–H and O–H groups in total. The molecule has 3 rings (SSSR count). The van der Waals surface area contributed by atoms with Gasteiger partial charge in [0.25, 0.3) is 0 Å². The number of aromatic nitrogens is 2. The normalized spacial score (nSPS) is 10.8. The Bertz CT molecular complexity index is 812. The van der Waals surface area contributed by atoms with Crippen LogP contribution in [0.25, 0.3) is 0 Å². The van der Waals surface area contributed by atoms with Crippen LogP contribution in [0.5, 0.6) is 5.75 Å². The van der Waals surface area contributed by atoms with Gasteiger partial charge in [-0.05, 0) is 35.4 Å². The lowest BCUT2D eigenvalue weighted by Crippen LogP contribution is -2.08. The summed E-state index contributed by atoms with van der Waals surface area (Å²) in [5.74, 6) is 0.853. The fourth-order valence-electron chi connectivity index (χ4n) is 2.63. The molecule has 3 aromatic rings. The van der Waals surface area contributed by atoms with Gasteiger partial charge in [0.2, 0.25) is 0 Å².